The predicted molar refractivity (Wildman–Crippen MR) is 128 cm³/mol. The van der Waals surface area contributed by atoms with Crippen LogP contribution in [0.4, 0.5) is 0 Å². The number of thiocarbonyl (C=S) groups is 1. The summed E-state index contributed by atoms with van der Waals surface area (Å²) < 4.78 is 26.9. The Labute approximate surface area is 205 Å². The number of methoxy groups -OCH3 is 4. The molecule has 2 aromatic carbocycles. The molecule has 3 N–H and O–H groups in total. The molecule has 0 fully saturated rings. The Balaban J connectivity index is 2.04. The van der Waals surface area contributed by atoms with Crippen molar-refractivity contribution in [2.24, 2.45) is 0 Å². The van der Waals surface area contributed by atoms with E-state index in [1.165, 1.54) is 33.5 Å². The van der Waals surface area contributed by atoms with Crippen molar-refractivity contribution in [2.75, 3.05) is 41.7 Å². The van der Waals surface area contributed by atoms with Crippen molar-refractivity contribution in [1.29, 1.82) is 0 Å². The van der Waals surface area contributed by atoms with Gasteiger partial charge in [0.2, 0.25) is 5.75 Å². The monoisotopic (exact) mass is 541 g/mol. The first-order valence-corrected chi connectivity index (χ1v) is 10.7. The Bertz CT molecular complexity index is 994. The molecule has 33 heavy (non-hydrogen) atoms. The van der Waals surface area contributed by atoms with E-state index in [4.69, 9.17) is 35.9 Å². The fourth-order valence-corrected chi connectivity index (χ4v) is 3.14. The van der Waals surface area contributed by atoms with Crippen LogP contribution in [0.15, 0.2) is 34.8 Å². The van der Waals surface area contributed by atoms with Crippen LogP contribution in [0.5, 0.6) is 23.0 Å². The van der Waals surface area contributed by atoms with Crippen molar-refractivity contribution in [2.45, 2.75) is 0 Å². The summed E-state index contributed by atoms with van der Waals surface area (Å²) in [7, 11) is 5.89. The van der Waals surface area contributed by atoms with Crippen LogP contribution >= 0.6 is 28.1 Å². The Morgan fingerprint density at radius 1 is 0.879 bits per heavy atom. The number of hydrogen-bond donors (Lipinski definition) is 3. The molecule has 0 heterocycles. The van der Waals surface area contributed by atoms with Gasteiger partial charge in [-0.2, -0.15) is 0 Å². The first kappa shape index (κ1) is 26.2. The van der Waals surface area contributed by atoms with Crippen LogP contribution < -0.4 is 35.1 Å². The van der Waals surface area contributed by atoms with Crippen LogP contribution in [0.1, 0.15) is 20.7 Å². The number of nitrogens with one attached hydrogen (secondary N) is 3. The Kier molecular flexibility index (Phi) is 10.2. The SMILES string of the molecule is COCCOc1ccc(Br)cc1C(=O)NC(=S)NNC(=O)c1cc(OC)c(OC)c(OC)c1. The summed E-state index contributed by atoms with van der Waals surface area (Å²) in [5.41, 5.74) is 5.36. The maximum atomic E-state index is 12.7. The second-order valence-corrected chi connectivity index (χ2v) is 7.58. The van der Waals surface area contributed by atoms with Crippen LogP contribution in [-0.2, 0) is 4.74 Å². The first-order valence-electron chi connectivity index (χ1n) is 9.47. The van der Waals surface area contributed by atoms with E-state index in [1.54, 1.807) is 25.3 Å². The van der Waals surface area contributed by atoms with Crippen molar-refractivity contribution >= 4 is 45.1 Å². The number of ether oxygens (including phenoxy) is 5. The zero-order valence-electron chi connectivity index (χ0n) is 18.4. The van der Waals surface area contributed by atoms with Gasteiger partial charge in [0.05, 0.1) is 33.5 Å². The summed E-state index contributed by atoms with van der Waals surface area (Å²) >= 11 is 8.44. The number of benzene rings is 2. The van der Waals surface area contributed by atoms with Gasteiger partial charge in [0, 0.05) is 17.1 Å². The summed E-state index contributed by atoms with van der Waals surface area (Å²) in [6.45, 7) is 0.635. The zero-order valence-corrected chi connectivity index (χ0v) is 20.8. The molecule has 0 bridgehead atoms. The molecule has 10 nitrogen and oxygen atoms in total. The third-order valence-corrected chi connectivity index (χ3v) is 4.87. The van der Waals surface area contributed by atoms with E-state index in [2.05, 4.69) is 32.1 Å². The summed E-state index contributed by atoms with van der Waals surface area (Å²) in [6, 6.07) is 7.94. The lowest BCUT2D eigenvalue weighted by Gasteiger charge is -2.15. The minimum Gasteiger partial charge on any atom is -0.493 e. The van der Waals surface area contributed by atoms with Gasteiger partial charge >= 0.3 is 0 Å². The standard InChI is InChI=1S/C21H24BrN3O7S/c1-28-7-8-32-15-6-5-13(22)11-14(15)20(27)23-21(33)25-24-19(26)12-9-16(29-2)18(31-4)17(10-12)30-3/h5-6,9-11H,7-8H2,1-4H3,(H,24,26)(H2,23,25,27,33). The number of halogens is 1. The molecule has 2 amide bonds. The van der Waals surface area contributed by atoms with E-state index < -0.39 is 11.8 Å². The number of rotatable bonds is 9. The predicted octanol–water partition coefficient (Wildman–Crippen LogP) is 2.45. The van der Waals surface area contributed by atoms with Crippen molar-refractivity contribution in [3.63, 3.8) is 0 Å². The smallest absolute Gasteiger partial charge is 0.269 e. The van der Waals surface area contributed by atoms with Crippen molar-refractivity contribution in [1.82, 2.24) is 16.2 Å². The molecule has 0 aliphatic carbocycles. The summed E-state index contributed by atoms with van der Waals surface area (Å²) in [5, 5.41) is 2.37. The van der Waals surface area contributed by atoms with Crippen LogP contribution in [0.3, 0.4) is 0 Å². The van der Waals surface area contributed by atoms with Gasteiger partial charge in [-0.15, -0.1) is 0 Å². The van der Waals surface area contributed by atoms with Crippen LogP contribution in [0, 0.1) is 0 Å². The number of hydrogen-bond acceptors (Lipinski definition) is 8. The van der Waals surface area contributed by atoms with Gasteiger partial charge in [-0.1, -0.05) is 15.9 Å². The fourth-order valence-electron chi connectivity index (χ4n) is 2.64. The minimum atomic E-state index is -0.545. The van der Waals surface area contributed by atoms with Crippen molar-refractivity contribution in [3.8, 4) is 23.0 Å². The number of carbonyl (C=O) groups is 2. The molecule has 0 saturated carbocycles. The number of carbonyl (C=O) groups excluding carboxylic acids is 2. The lowest BCUT2D eigenvalue weighted by Crippen LogP contribution is -2.48. The molecule has 0 unspecified atom stereocenters. The third-order valence-electron chi connectivity index (χ3n) is 4.17. The molecule has 178 valence electrons. The second-order valence-electron chi connectivity index (χ2n) is 6.26. The van der Waals surface area contributed by atoms with Crippen LogP contribution in [0.2, 0.25) is 0 Å². The van der Waals surface area contributed by atoms with Crippen LogP contribution in [0.25, 0.3) is 0 Å². The van der Waals surface area contributed by atoms with Crippen molar-refractivity contribution in [3.05, 3.63) is 45.9 Å². The highest BCUT2D eigenvalue weighted by Crippen LogP contribution is 2.38. The lowest BCUT2D eigenvalue weighted by molar-refractivity contribution is 0.0932. The highest BCUT2D eigenvalue weighted by atomic mass is 79.9. The van der Waals surface area contributed by atoms with Gasteiger partial charge in [0.1, 0.15) is 12.4 Å². The quantitative estimate of drug-likeness (QED) is 0.250. The highest BCUT2D eigenvalue weighted by Gasteiger charge is 2.18. The first-order chi connectivity index (χ1) is 15.8. The van der Waals surface area contributed by atoms with Gasteiger partial charge in [-0.25, -0.2) is 0 Å². The molecular formula is C21H24BrN3O7S. The normalized spacial score (nSPS) is 10.1. The molecule has 0 atom stereocenters. The largest absolute Gasteiger partial charge is 0.493 e. The fraction of sp³-hybridized carbons (Fsp3) is 0.286. The van der Waals surface area contributed by atoms with Crippen LogP contribution in [-0.4, -0.2) is 58.6 Å². The number of amides is 2. The van der Waals surface area contributed by atoms with Gasteiger partial charge in [0.15, 0.2) is 16.6 Å². The molecule has 0 aromatic heterocycles. The Morgan fingerprint density at radius 3 is 2.12 bits per heavy atom. The lowest BCUT2D eigenvalue weighted by atomic mass is 10.1. The van der Waals surface area contributed by atoms with E-state index in [1.807, 2.05) is 0 Å². The molecule has 0 radical (unpaired) electrons. The molecule has 0 saturated heterocycles. The zero-order chi connectivity index (χ0) is 24.4. The molecule has 2 rings (SSSR count). The second kappa shape index (κ2) is 12.8. The molecule has 12 heteroatoms. The maximum Gasteiger partial charge on any atom is 0.269 e. The summed E-state index contributed by atoms with van der Waals surface area (Å²) in [5.74, 6) is 0.268. The van der Waals surface area contributed by atoms with E-state index in [0.29, 0.717) is 34.1 Å². The maximum absolute atomic E-state index is 12.7. The topological polar surface area (TPSA) is 116 Å². The van der Waals surface area contributed by atoms with E-state index >= 15 is 0 Å². The third kappa shape index (κ3) is 7.20. The van der Waals surface area contributed by atoms with Gasteiger partial charge in [0.25, 0.3) is 11.8 Å². The van der Waals surface area contributed by atoms with Gasteiger partial charge in [-0.05, 0) is 42.5 Å². The van der Waals surface area contributed by atoms with E-state index in [-0.39, 0.29) is 22.8 Å². The van der Waals surface area contributed by atoms with Gasteiger partial charge in [-0.3, -0.25) is 25.8 Å². The Morgan fingerprint density at radius 2 is 1.55 bits per heavy atom. The molecule has 2 aromatic rings. The Hall–Kier alpha value is -3.09. The molecule has 0 aliphatic rings. The van der Waals surface area contributed by atoms with E-state index in [9.17, 15) is 9.59 Å². The molecular weight excluding hydrogens is 518 g/mol. The molecule has 0 aliphatic heterocycles. The average Bonchev–Trinajstić information content (AvgIpc) is 2.82. The average molecular weight is 542 g/mol. The molecule has 0 spiro atoms. The van der Waals surface area contributed by atoms with Crippen molar-refractivity contribution < 1.29 is 33.3 Å². The highest BCUT2D eigenvalue weighted by molar-refractivity contribution is 9.10. The van der Waals surface area contributed by atoms with Gasteiger partial charge < -0.3 is 23.7 Å². The summed E-state index contributed by atoms with van der Waals surface area (Å²) in [6.07, 6.45) is 0. The minimum absolute atomic E-state index is 0.122. The summed E-state index contributed by atoms with van der Waals surface area (Å²) in [4.78, 5) is 25.2. The van der Waals surface area contributed by atoms with E-state index in [0.717, 1.165) is 0 Å². The number of hydrazine groups is 1.